The van der Waals surface area contributed by atoms with Crippen molar-refractivity contribution >= 4 is 23.4 Å². The highest BCUT2D eigenvalue weighted by Crippen LogP contribution is 2.29. The van der Waals surface area contributed by atoms with Crippen LogP contribution in [0.25, 0.3) is 0 Å². The Morgan fingerprint density at radius 3 is 2.64 bits per heavy atom. The van der Waals surface area contributed by atoms with E-state index >= 15 is 0 Å². The summed E-state index contributed by atoms with van der Waals surface area (Å²) in [5.74, 6) is -0.567. The SMILES string of the molecule is Cc1oc(NC(=O)Cn2cc(C(F)(F)F)cc(Cl)c2=O)c(C#N)c1C. The smallest absolute Gasteiger partial charge is 0.417 e. The van der Waals surface area contributed by atoms with Gasteiger partial charge in [-0.2, -0.15) is 18.4 Å². The van der Waals surface area contributed by atoms with Crippen LogP contribution in [0.1, 0.15) is 22.5 Å². The summed E-state index contributed by atoms with van der Waals surface area (Å²) in [6.45, 7) is 2.47. The standard InChI is InChI=1S/C15H11ClF3N3O3/c1-7-8(2)25-13(10(7)4-20)21-12(23)6-22-5-9(15(17,18)19)3-11(16)14(22)24/h3,5H,6H2,1-2H3,(H,21,23). The minimum Gasteiger partial charge on any atom is -0.444 e. The van der Waals surface area contributed by atoms with Gasteiger partial charge < -0.3 is 8.98 Å². The number of amides is 1. The average Bonchev–Trinajstić information content (AvgIpc) is 2.76. The summed E-state index contributed by atoms with van der Waals surface area (Å²) in [5.41, 5.74) is -1.48. The van der Waals surface area contributed by atoms with Crippen molar-refractivity contribution < 1.29 is 22.4 Å². The number of rotatable bonds is 3. The number of nitrogens with one attached hydrogen (secondary N) is 1. The molecule has 25 heavy (non-hydrogen) atoms. The largest absolute Gasteiger partial charge is 0.444 e. The monoisotopic (exact) mass is 373 g/mol. The first kappa shape index (κ1) is 18.6. The Kier molecular flexibility index (Phi) is 4.94. The van der Waals surface area contributed by atoms with Crippen LogP contribution in [0.5, 0.6) is 0 Å². The molecule has 132 valence electrons. The van der Waals surface area contributed by atoms with Gasteiger partial charge in [-0.05, 0) is 19.9 Å². The molecule has 0 fully saturated rings. The molecular weight excluding hydrogens is 363 g/mol. The van der Waals surface area contributed by atoms with Crippen molar-refractivity contribution in [3.63, 3.8) is 0 Å². The Morgan fingerprint density at radius 1 is 1.44 bits per heavy atom. The quantitative estimate of drug-likeness (QED) is 0.894. The van der Waals surface area contributed by atoms with Gasteiger partial charge in [-0.1, -0.05) is 11.6 Å². The van der Waals surface area contributed by atoms with Crippen LogP contribution in [0.4, 0.5) is 19.1 Å². The van der Waals surface area contributed by atoms with Crippen LogP contribution in [0.15, 0.2) is 21.5 Å². The summed E-state index contributed by atoms with van der Waals surface area (Å²) in [4.78, 5) is 23.9. The van der Waals surface area contributed by atoms with Crippen molar-refractivity contribution in [3.05, 3.63) is 50.1 Å². The van der Waals surface area contributed by atoms with E-state index in [1.807, 2.05) is 6.07 Å². The predicted octanol–water partition coefficient (Wildman–Crippen LogP) is 3.24. The molecule has 0 radical (unpaired) electrons. The number of hydrogen-bond acceptors (Lipinski definition) is 4. The van der Waals surface area contributed by atoms with Gasteiger partial charge in [0.25, 0.3) is 5.56 Å². The molecule has 2 aromatic heterocycles. The molecule has 0 saturated carbocycles. The molecule has 0 saturated heterocycles. The summed E-state index contributed by atoms with van der Waals surface area (Å²) in [5, 5.41) is 10.7. The van der Waals surface area contributed by atoms with Gasteiger partial charge in [0.2, 0.25) is 11.8 Å². The molecule has 2 aromatic rings. The zero-order valence-electron chi connectivity index (χ0n) is 13.0. The van der Waals surface area contributed by atoms with E-state index in [0.717, 1.165) is 0 Å². The molecule has 1 N–H and O–H groups in total. The maximum Gasteiger partial charge on any atom is 0.417 e. The molecule has 0 aliphatic rings. The summed E-state index contributed by atoms with van der Waals surface area (Å²) < 4.78 is 44.1. The summed E-state index contributed by atoms with van der Waals surface area (Å²) in [7, 11) is 0. The first-order valence-electron chi connectivity index (χ1n) is 6.81. The third-order valence-electron chi connectivity index (χ3n) is 3.43. The highest BCUT2D eigenvalue weighted by molar-refractivity contribution is 6.30. The van der Waals surface area contributed by atoms with Crippen LogP contribution in [-0.4, -0.2) is 10.5 Å². The number of alkyl halides is 3. The zero-order valence-corrected chi connectivity index (χ0v) is 13.7. The van der Waals surface area contributed by atoms with Crippen molar-refractivity contribution in [2.24, 2.45) is 0 Å². The molecular formula is C15H11ClF3N3O3. The number of nitrogens with zero attached hydrogens (tertiary/aromatic N) is 2. The van der Waals surface area contributed by atoms with Crippen LogP contribution < -0.4 is 10.9 Å². The lowest BCUT2D eigenvalue weighted by Crippen LogP contribution is -2.29. The van der Waals surface area contributed by atoms with Crippen LogP contribution in [0, 0.1) is 25.2 Å². The van der Waals surface area contributed by atoms with E-state index in [9.17, 15) is 22.8 Å². The minimum absolute atomic E-state index is 0.0975. The zero-order chi connectivity index (χ0) is 18.9. The van der Waals surface area contributed by atoms with Crippen LogP contribution >= 0.6 is 11.6 Å². The lowest BCUT2D eigenvalue weighted by molar-refractivity contribution is -0.138. The van der Waals surface area contributed by atoms with E-state index in [1.54, 1.807) is 13.8 Å². The van der Waals surface area contributed by atoms with E-state index in [0.29, 0.717) is 28.2 Å². The van der Waals surface area contributed by atoms with Gasteiger partial charge in [-0.3, -0.25) is 14.9 Å². The van der Waals surface area contributed by atoms with Crippen molar-refractivity contribution in [2.45, 2.75) is 26.6 Å². The molecule has 2 rings (SSSR count). The molecule has 0 aliphatic heterocycles. The van der Waals surface area contributed by atoms with Gasteiger partial charge in [0, 0.05) is 11.8 Å². The fraction of sp³-hybridized carbons (Fsp3) is 0.267. The first-order chi connectivity index (χ1) is 11.5. The number of nitriles is 1. The third-order valence-corrected chi connectivity index (χ3v) is 3.70. The second kappa shape index (κ2) is 6.64. The summed E-state index contributed by atoms with van der Waals surface area (Å²) in [6, 6.07) is 2.35. The van der Waals surface area contributed by atoms with Gasteiger partial charge >= 0.3 is 6.18 Å². The fourth-order valence-corrected chi connectivity index (χ4v) is 2.27. The van der Waals surface area contributed by atoms with E-state index in [4.69, 9.17) is 21.3 Å². The number of aryl methyl sites for hydroxylation is 1. The maximum absolute atomic E-state index is 12.8. The van der Waals surface area contributed by atoms with Crippen molar-refractivity contribution in [1.29, 1.82) is 5.26 Å². The van der Waals surface area contributed by atoms with E-state index in [2.05, 4.69) is 5.32 Å². The van der Waals surface area contributed by atoms with Crippen molar-refractivity contribution in [3.8, 4) is 6.07 Å². The number of carbonyl (C=O) groups is 1. The Labute approximate surface area is 144 Å². The van der Waals surface area contributed by atoms with Gasteiger partial charge in [-0.15, -0.1) is 0 Å². The van der Waals surface area contributed by atoms with Crippen molar-refractivity contribution in [1.82, 2.24) is 4.57 Å². The molecule has 0 aromatic carbocycles. The molecule has 2 heterocycles. The highest BCUT2D eigenvalue weighted by atomic mass is 35.5. The first-order valence-corrected chi connectivity index (χ1v) is 7.19. The van der Waals surface area contributed by atoms with Gasteiger partial charge in [0.15, 0.2) is 0 Å². The molecule has 0 atom stereocenters. The van der Waals surface area contributed by atoms with Crippen LogP contribution in [0.3, 0.4) is 0 Å². The number of halogens is 4. The number of furan rings is 1. The molecule has 0 aliphatic carbocycles. The average molecular weight is 374 g/mol. The van der Waals surface area contributed by atoms with Gasteiger partial charge in [-0.25, -0.2) is 0 Å². The van der Waals surface area contributed by atoms with Crippen molar-refractivity contribution in [2.75, 3.05) is 5.32 Å². The highest BCUT2D eigenvalue weighted by Gasteiger charge is 2.32. The summed E-state index contributed by atoms with van der Waals surface area (Å²) >= 11 is 5.51. The van der Waals surface area contributed by atoms with Gasteiger partial charge in [0.05, 0.1) is 5.56 Å². The Balaban J connectivity index is 2.30. The molecule has 0 spiro atoms. The van der Waals surface area contributed by atoms with Gasteiger partial charge in [0.1, 0.15) is 29.0 Å². The van der Waals surface area contributed by atoms with E-state index in [1.165, 1.54) is 0 Å². The number of aromatic nitrogens is 1. The fourth-order valence-electron chi connectivity index (χ4n) is 2.04. The normalized spacial score (nSPS) is 11.2. The topological polar surface area (TPSA) is 88.0 Å². The van der Waals surface area contributed by atoms with E-state index < -0.39 is 34.8 Å². The maximum atomic E-state index is 12.8. The number of hydrogen-bond donors (Lipinski definition) is 1. The Hall–Kier alpha value is -2.73. The van der Waals surface area contributed by atoms with Crippen LogP contribution in [0.2, 0.25) is 5.02 Å². The summed E-state index contributed by atoms with van der Waals surface area (Å²) in [6.07, 6.45) is -4.23. The second-order valence-electron chi connectivity index (χ2n) is 5.15. The Bertz CT molecular complexity index is 938. The molecule has 0 bridgehead atoms. The third kappa shape index (κ3) is 3.85. The lowest BCUT2D eigenvalue weighted by atomic mass is 10.2. The molecule has 10 heteroatoms. The molecule has 1 amide bonds. The minimum atomic E-state index is -4.72. The van der Waals surface area contributed by atoms with E-state index in [-0.39, 0.29) is 11.4 Å². The Morgan fingerprint density at radius 2 is 2.08 bits per heavy atom. The number of anilines is 1. The molecule has 0 unspecified atom stereocenters. The number of carbonyl (C=O) groups excluding carboxylic acids is 1. The number of pyridine rings is 1. The van der Waals surface area contributed by atoms with Crippen LogP contribution in [-0.2, 0) is 17.5 Å². The second-order valence-corrected chi connectivity index (χ2v) is 5.56. The predicted molar refractivity (Wildman–Crippen MR) is 82.2 cm³/mol. The molecule has 6 nitrogen and oxygen atoms in total. The lowest BCUT2D eigenvalue weighted by Gasteiger charge is -2.11.